The minimum atomic E-state index is -1.29. The van der Waals surface area contributed by atoms with E-state index in [1.165, 1.54) is 0 Å². The number of aliphatic hydroxyl groups excluding tert-OH is 1. The molecular formula is C11H15NO3S. The lowest BCUT2D eigenvalue weighted by atomic mass is 10.2. The Balaban J connectivity index is 2.45. The van der Waals surface area contributed by atoms with Crippen molar-refractivity contribution < 1.29 is 14.1 Å². The van der Waals surface area contributed by atoms with E-state index in [0.29, 0.717) is 5.69 Å². The van der Waals surface area contributed by atoms with Gasteiger partial charge in [0.25, 0.3) is 0 Å². The van der Waals surface area contributed by atoms with Crippen LogP contribution in [0.2, 0.25) is 0 Å². The van der Waals surface area contributed by atoms with Gasteiger partial charge in [-0.2, -0.15) is 0 Å². The van der Waals surface area contributed by atoms with Crippen molar-refractivity contribution in [2.24, 2.45) is 0 Å². The predicted molar refractivity (Wildman–Crippen MR) is 64.8 cm³/mol. The maximum atomic E-state index is 11.4. The fraction of sp³-hybridized carbons (Fsp3) is 0.364. The molecule has 1 amide bonds. The Morgan fingerprint density at radius 1 is 1.38 bits per heavy atom. The Morgan fingerprint density at radius 2 is 2.00 bits per heavy atom. The first-order chi connectivity index (χ1) is 7.61. The number of carbonyl (C=O) groups excluding carboxylic acids is 1. The van der Waals surface area contributed by atoms with Crippen molar-refractivity contribution in [3.63, 3.8) is 0 Å². The van der Waals surface area contributed by atoms with Crippen molar-refractivity contribution >= 4 is 22.4 Å². The molecule has 1 aromatic rings. The first-order valence-corrected chi connectivity index (χ1v) is 6.43. The molecule has 1 atom stereocenters. The number of rotatable bonds is 5. The van der Waals surface area contributed by atoms with E-state index < -0.39 is 10.8 Å². The molecule has 88 valence electrons. The van der Waals surface area contributed by atoms with Crippen LogP contribution in [0.25, 0.3) is 0 Å². The SMILES string of the molecule is Cc1ccc(NC(=O)C[S@](=O)CCO)cc1. The average molecular weight is 241 g/mol. The molecule has 16 heavy (non-hydrogen) atoms. The molecule has 0 unspecified atom stereocenters. The minimum Gasteiger partial charge on any atom is -0.395 e. The van der Waals surface area contributed by atoms with Crippen molar-refractivity contribution in [2.45, 2.75) is 6.92 Å². The van der Waals surface area contributed by atoms with Gasteiger partial charge in [0.05, 0.1) is 6.61 Å². The van der Waals surface area contributed by atoms with E-state index in [1.807, 2.05) is 19.1 Å². The monoisotopic (exact) mass is 241 g/mol. The molecule has 0 aliphatic rings. The normalized spacial score (nSPS) is 12.1. The van der Waals surface area contributed by atoms with Crippen LogP contribution in [0.1, 0.15) is 5.56 Å². The standard InChI is InChI=1S/C11H15NO3S/c1-9-2-4-10(5-3-9)12-11(14)8-16(15)7-6-13/h2-5,13H,6-8H2,1H3,(H,12,14)/t16-/m1/s1. The first kappa shape index (κ1) is 12.9. The Morgan fingerprint density at radius 3 is 2.56 bits per heavy atom. The van der Waals surface area contributed by atoms with E-state index >= 15 is 0 Å². The zero-order chi connectivity index (χ0) is 12.0. The Hall–Kier alpha value is -1.20. The maximum absolute atomic E-state index is 11.4. The van der Waals surface area contributed by atoms with E-state index in [4.69, 9.17) is 5.11 Å². The highest BCUT2D eigenvalue weighted by molar-refractivity contribution is 7.85. The molecule has 0 aromatic heterocycles. The summed E-state index contributed by atoms with van der Waals surface area (Å²) < 4.78 is 11.2. The topological polar surface area (TPSA) is 66.4 Å². The van der Waals surface area contributed by atoms with Gasteiger partial charge in [0, 0.05) is 22.2 Å². The summed E-state index contributed by atoms with van der Waals surface area (Å²) in [6.07, 6.45) is 0. The van der Waals surface area contributed by atoms with Crippen molar-refractivity contribution in [2.75, 3.05) is 23.4 Å². The van der Waals surface area contributed by atoms with E-state index in [0.717, 1.165) is 5.56 Å². The lowest BCUT2D eigenvalue weighted by Gasteiger charge is -2.04. The van der Waals surface area contributed by atoms with E-state index in [-0.39, 0.29) is 24.0 Å². The predicted octanol–water partition coefficient (Wildman–Crippen LogP) is 0.675. The summed E-state index contributed by atoms with van der Waals surface area (Å²) in [6, 6.07) is 7.37. The number of nitrogens with one attached hydrogen (secondary N) is 1. The maximum Gasteiger partial charge on any atom is 0.236 e. The fourth-order valence-corrected chi connectivity index (χ4v) is 1.87. The first-order valence-electron chi connectivity index (χ1n) is 4.94. The minimum absolute atomic E-state index is 0.0750. The number of anilines is 1. The third-order valence-electron chi connectivity index (χ3n) is 1.95. The van der Waals surface area contributed by atoms with Gasteiger partial charge in [-0.1, -0.05) is 17.7 Å². The summed E-state index contributed by atoms with van der Waals surface area (Å²) in [5.74, 6) is -0.230. The molecule has 0 radical (unpaired) electrons. The van der Waals surface area contributed by atoms with Crippen LogP contribution in [0.15, 0.2) is 24.3 Å². The van der Waals surface area contributed by atoms with Gasteiger partial charge in [-0.15, -0.1) is 0 Å². The summed E-state index contributed by atoms with van der Waals surface area (Å²) in [7, 11) is -1.29. The molecule has 0 saturated heterocycles. The van der Waals surface area contributed by atoms with Crippen molar-refractivity contribution in [3.05, 3.63) is 29.8 Å². The summed E-state index contributed by atoms with van der Waals surface area (Å²) >= 11 is 0. The Kier molecular flexibility index (Phi) is 5.14. The summed E-state index contributed by atoms with van der Waals surface area (Å²) in [5.41, 5.74) is 1.80. The van der Waals surface area contributed by atoms with Gasteiger partial charge in [0.15, 0.2) is 0 Å². The second-order valence-electron chi connectivity index (χ2n) is 3.43. The molecule has 0 aliphatic carbocycles. The van der Waals surface area contributed by atoms with Crippen LogP contribution in [0.5, 0.6) is 0 Å². The molecule has 1 aromatic carbocycles. The van der Waals surface area contributed by atoms with Crippen molar-refractivity contribution in [1.82, 2.24) is 0 Å². The number of benzene rings is 1. The van der Waals surface area contributed by atoms with Gasteiger partial charge >= 0.3 is 0 Å². The average Bonchev–Trinajstić information content (AvgIpc) is 2.21. The highest BCUT2D eigenvalue weighted by Crippen LogP contribution is 2.08. The van der Waals surface area contributed by atoms with Crippen LogP contribution in [-0.2, 0) is 15.6 Å². The van der Waals surface area contributed by atoms with Crippen LogP contribution >= 0.6 is 0 Å². The van der Waals surface area contributed by atoms with Gasteiger partial charge in [-0.05, 0) is 19.1 Å². The number of amides is 1. The van der Waals surface area contributed by atoms with Crippen LogP contribution in [0.3, 0.4) is 0 Å². The number of hydrogen-bond acceptors (Lipinski definition) is 3. The molecule has 0 saturated carbocycles. The van der Waals surface area contributed by atoms with Crippen molar-refractivity contribution in [1.29, 1.82) is 0 Å². The van der Waals surface area contributed by atoms with Gasteiger partial charge in [0.1, 0.15) is 5.75 Å². The number of aliphatic hydroxyl groups is 1. The lowest BCUT2D eigenvalue weighted by molar-refractivity contribution is -0.113. The molecule has 0 fully saturated rings. The third kappa shape index (κ3) is 4.55. The zero-order valence-corrected chi connectivity index (χ0v) is 9.92. The Bertz CT molecular complexity index is 375. The quantitative estimate of drug-likeness (QED) is 0.796. The van der Waals surface area contributed by atoms with E-state index in [2.05, 4.69) is 5.32 Å². The van der Waals surface area contributed by atoms with E-state index in [9.17, 15) is 9.00 Å². The molecular weight excluding hydrogens is 226 g/mol. The smallest absolute Gasteiger partial charge is 0.236 e. The van der Waals surface area contributed by atoms with Crippen LogP contribution in [-0.4, -0.2) is 33.3 Å². The molecule has 0 spiro atoms. The van der Waals surface area contributed by atoms with E-state index in [1.54, 1.807) is 12.1 Å². The molecule has 5 heteroatoms. The fourth-order valence-electron chi connectivity index (χ4n) is 1.15. The van der Waals surface area contributed by atoms with Gasteiger partial charge in [-0.25, -0.2) is 0 Å². The second-order valence-corrected chi connectivity index (χ2v) is 5.00. The molecule has 0 bridgehead atoms. The third-order valence-corrected chi connectivity index (χ3v) is 3.17. The molecule has 1 rings (SSSR count). The summed E-state index contributed by atoms with van der Waals surface area (Å²) in [4.78, 5) is 11.4. The highest BCUT2D eigenvalue weighted by Gasteiger charge is 2.07. The molecule has 4 nitrogen and oxygen atoms in total. The van der Waals surface area contributed by atoms with Gasteiger partial charge < -0.3 is 10.4 Å². The zero-order valence-electron chi connectivity index (χ0n) is 9.10. The van der Waals surface area contributed by atoms with Crippen molar-refractivity contribution in [3.8, 4) is 0 Å². The highest BCUT2D eigenvalue weighted by atomic mass is 32.2. The number of hydrogen-bond donors (Lipinski definition) is 2. The molecule has 2 N–H and O–H groups in total. The molecule has 0 heterocycles. The van der Waals surface area contributed by atoms with Crippen LogP contribution < -0.4 is 5.32 Å². The second kappa shape index (κ2) is 6.40. The van der Waals surface area contributed by atoms with Crippen LogP contribution in [0.4, 0.5) is 5.69 Å². The largest absolute Gasteiger partial charge is 0.395 e. The summed E-state index contributed by atoms with van der Waals surface area (Å²) in [5, 5.41) is 11.2. The number of carbonyl (C=O) groups is 1. The molecule has 0 aliphatic heterocycles. The number of aryl methyl sites for hydroxylation is 1. The summed E-state index contributed by atoms with van der Waals surface area (Å²) in [6.45, 7) is 1.80. The lowest BCUT2D eigenvalue weighted by Crippen LogP contribution is -2.21. The van der Waals surface area contributed by atoms with Crippen LogP contribution in [0, 0.1) is 6.92 Å². The van der Waals surface area contributed by atoms with Gasteiger partial charge in [-0.3, -0.25) is 9.00 Å². The Labute approximate surface area is 97.1 Å². The van der Waals surface area contributed by atoms with Gasteiger partial charge in [0.2, 0.25) is 5.91 Å².